The Hall–Kier alpha value is -0.0100. The molecule has 1 rings (SSSR count). The average Bonchev–Trinajstić information content (AvgIpc) is 2.89. The van der Waals surface area contributed by atoms with E-state index in [1.54, 1.807) is 0 Å². The first-order valence-electron chi connectivity index (χ1n) is 16.5. The molecule has 0 amide bonds. The van der Waals surface area contributed by atoms with Gasteiger partial charge in [-0.05, 0) is 32.4 Å². The number of ether oxygens (including phenoxy) is 1. The maximum absolute atomic E-state index is 12.4. The Morgan fingerprint density at radius 1 is 0.692 bits per heavy atom. The Kier molecular flexibility index (Phi) is 22.3. The van der Waals surface area contributed by atoms with Crippen molar-refractivity contribution in [2.24, 2.45) is 0 Å². The van der Waals surface area contributed by atoms with E-state index >= 15 is 0 Å². The summed E-state index contributed by atoms with van der Waals surface area (Å²) < 4.78 is 29.7. The number of phosphoric ester groups is 1. The largest absolute Gasteiger partial charge is 0.472 e. The Balaban J connectivity index is 2.07. The van der Waals surface area contributed by atoms with Gasteiger partial charge in [-0.15, -0.1) is 0 Å². The molecule has 1 saturated heterocycles. The molecule has 39 heavy (non-hydrogen) atoms. The molecule has 0 aromatic rings. The maximum Gasteiger partial charge on any atom is 0.472 e. The minimum Gasteiger partial charge on any atom is -0.380 e. The van der Waals surface area contributed by atoms with Crippen molar-refractivity contribution in [2.45, 2.75) is 135 Å². The highest BCUT2D eigenvalue weighted by atomic mass is 31.2. The van der Waals surface area contributed by atoms with Crippen LogP contribution in [0.5, 0.6) is 0 Å². The van der Waals surface area contributed by atoms with Gasteiger partial charge in [0.05, 0.1) is 40.4 Å². The van der Waals surface area contributed by atoms with Crippen LogP contribution in [-0.2, 0) is 18.3 Å². The quantitative estimate of drug-likeness (QED) is 0.0607. The fourth-order valence-corrected chi connectivity index (χ4v) is 5.91. The van der Waals surface area contributed by atoms with Crippen LogP contribution in [0, 0.1) is 0 Å². The van der Waals surface area contributed by atoms with Gasteiger partial charge >= 0.3 is 7.82 Å². The molecule has 0 aromatic carbocycles. The molecule has 1 heterocycles. The summed E-state index contributed by atoms with van der Waals surface area (Å²) in [6, 6.07) is -0.00571. The van der Waals surface area contributed by atoms with Crippen molar-refractivity contribution in [1.82, 2.24) is 4.90 Å². The third kappa shape index (κ3) is 23.3. The molecule has 1 fully saturated rings. The minimum atomic E-state index is -4.05. The first-order valence-corrected chi connectivity index (χ1v) is 18.0. The van der Waals surface area contributed by atoms with Crippen LogP contribution in [0.4, 0.5) is 0 Å². The second-order valence-electron chi connectivity index (χ2n) is 12.7. The lowest BCUT2D eigenvalue weighted by Crippen LogP contribution is -2.44. The zero-order chi connectivity index (χ0) is 28.7. The predicted octanol–water partition coefficient (Wildman–Crippen LogP) is 7.96. The van der Waals surface area contributed by atoms with E-state index in [1.165, 1.54) is 103 Å². The monoisotopic (exact) mass is 577 g/mol. The van der Waals surface area contributed by atoms with Crippen LogP contribution >= 0.6 is 7.82 Å². The Morgan fingerprint density at radius 3 is 1.67 bits per heavy atom. The molecule has 0 aromatic heterocycles. The molecule has 1 N–H and O–H groups in total. The summed E-state index contributed by atoms with van der Waals surface area (Å²) in [4.78, 5) is 12.5. The van der Waals surface area contributed by atoms with Gasteiger partial charge in [0, 0.05) is 6.61 Å². The third-order valence-electron chi connectivity index (χ3n) is 7.81. The van der Waals surface area contributed by atoms with Crippen molar-refractivity contribution in [1.29, 1.82) is 0 Å². The van der Waals surface area contributed by atoms with Crippen LogP contribution in [0.15, 0.2) is 0 Å². The number of hydrogen-bond donors (Lipinski definition) is 1. The Bertz CT molecular complexity index is 596. The van der Waals surface area contributed by atoms with E-state index < -0.39 is 7.82 Å². The normalized spacial score (nSPS) is 17.4. The number of piperidine rings is 1. The standard InChI is InChI=1S/C31H65N2O5P/c1-5-6-7-8-9-10-11-12-13-14-15-16-17-18-19-23-27-36-29-31(32-24-21-20-22-25-32)30-38-39(34,35)37-28-26-33(2,3)4/h31H,5-30H2,1-4H3/p+1. The number of nitrogens with zero attached hydrogens (tertiary/aromatic N) is 2. The summed E-state index contributed by atoms with van der Waals surface area (Å²) in [5.41, 5.74) is 0. The van der Waals surface area contributed by atoms with Gasteiger partial charge in [0.25, 0.3) is 0 Å². The molecule has 0 radical (unpaired) electrons. The van der Waals surface area contributed by atoms with E-state index in [1.807, 2.05) is 21.1 Å². The van der Waals surface area contributed by atoms with Crippen LogP contribution in [0.25, 0.3) is 0 Å². The average molecular weight is 578 g/mol. The van der Waals surface area contributed by atoms with Crippen molar-refractivity contribution in [3.63, 3.8) is 0 Å². The zero-order valence-corrected chi connectivity index (χ0v) is 27.3. The molecular weight excluding hydrogens is 511 g/mol. The zero-order valence-electron chi connectivity index (χ0n) is 26.4. The summed E-state index contributed by atoms with van der Waals surface area (Å²) in [5, 5.41) is 0. The van der Waals surface area contributed by atoms with Gasteiger partial charge < -0.3 is 14.1 Å². The molecule has 0 bridgehead atoms. The predicted molar refractivity (Wildman–Crippen MR) is 164 cm³/mol. The van der Waals surface area contributed by atoms with Crippen LogP contribution in [0.2, 0.25) is 0 Å². The van der Waals surface area contributed by atoms with E-state index in [4.69, 9.17) is 13.8 Å². The van der Waals surface area contributed by atoms with E-state index in [9.17, 15) is 9.46 Å². The van der Waals surface area contributed by atoms with Crippen molar-refractivity contribution in [2.75, 3.05) is 67.2 Å². The van der Waals surface area contributed by atoms with Crippen molar-refractivity contribution in [3.8, 4) is 0 Å². The lowest BCUT2D eigenvalue weighted by molar-refractivity contribution is -0.870. The Labute approximate surface area is 242 Å². The van der Waals surface area contributed by atoms with Crippen molar-refractivity contribution >= 4 is 7.82 Å². The van der Waals surface area contributed by atoms with Gasteiger partial charge in [0.1, 0.15) is 13.2 Å². The van der Waals surface area contributed by atoms with E-state index in [-0.39, 0.29) is 19.3 Å². The van der Waals surface area contributed by atoms with Gasteiger partial charge in [-0.3, -0.25) is 13.9 Å². The van der Waals surface area contributed by atoms with Crippen LogP contribution in [0.1, 0.15) is 129 Å². The van der Waals surface area contributed by atoms with Gasteiger partial charge in [-0.2, -0.15) is 0 Å². The van der Waals surface area contributed by atoms with Crippen molar-refractivity contribution < 1.29 is 27.7 Å². The lowest BCUT2D eigenvalue weighted by atomic mass is 10.0. The molecule has 2 unspecified atom stereocenters. The number of likely N-dealkylation sites (tertiary alicyclic amines) is 1. The SMILES string of the molecule is CCCCCCCCCCCCCCCCCCOCC(COP(=O)(O)OCC[N+](C)(C)C)N1CCCCC1. The van der Waals surface area contributed by atoms with Crippen LogP contribution in [0.3, 0.4) is 0 Å². The highest BCUT2D eigenvalue weighted by Gasteiger charge is 2.28. The summed E-state index contributed by atoms with van der Waals surface area (Å²) in [5.74, 6) is 0. The molecule has 0 saturated carbocycles. The van der Waals surface area contributed by atoms with E-state index in [0.29, 0.717) is 17.6 Å². The Morgan fingerprint density at radius 2 is 1.18 bits per heavy atom. The van der Waals surface area contributed by atoms with Gasteiger partial charge in [-0.1, -0.05) is 110 Å². The van der Waals surface area contributed by atoms with Crippen LogP contribution < -0.4 is 0 Å². The number of phosphoric acid groups is 1. The maximum atomic E-state index is 12.4. The summed E-state index contributed by atoms with van der Waals surface area (Å²) >= 11 is 0. The summed E-state index contributed by atoms with van der Waals surface area (Å²) in [7, 11) is 2.02. The first kappa shape index (κ1) is 37.0. The fourth-order valence-electron chi connectivity index (χ4n) is 5.16. The molecule has 0 aliphatic carbocycles. The highest BCUT2D eigenvalue weighted by Crippen LogP contribution is 2.43. The molecular formula is C31H66N2O5P+. The smallest absolute Gasteiger partial charge is 0.380 e. The van der Waals surface area contributed by atoms with Gasteiger partial charge in [-0.25, -0.2) is 4.57 Å². The lowest BCUT2D eigenvalue weighted by Gasteiger charge is -2.34. The third-order valence-corrected chi connectivity index (χ3v) is 8.79. The highest BCUT2D eigenvalue weighted by molar-refractivity contribution is 7.47. The first-order chi connectivity index (χ1) is 18.7. The fraction of sp³-hybridized carbons (Fsp3) is 1.00. The van der Waals surface area contributed by atoms with E-state index in [0.717, 1.165) is 39.0 Å². The second-order valence-corrected chi connectivity index (χ2v) is 14.2. The molecule has 2 atom stereocenters. The minimum absolute atomic E-state index is 0.00571. The molecule has 7 nitrogen and oxygen atoms in total. The number of quaternary nitrogens is 1. The van der Waals surface area contributed by atoms with Crippen molar-refractivity contribution in [3.05, 3.63) is 0 Å². The number of unbranched alkanes of at least 4 members (excludes halogenated alkanes) is 15. The molecule has 0 spiro atoms. The van der Waals surface area contributed by atoms with E-state index in [2.05, 4.69) is 11.8 Å². The number of hydrogen-bond acceptors (Lipinski definition) is 5. The second kappa shape index (κ2) is 23.5. The molecule has 8 heteroatoms. The number of rotatable bonds is 27. The summed E-state index contributed by atoms with van der Waals surface area (Å²) in [6.07, 6.45) is 25.4. The summed E-state index contributed by atoms with van der Waals surface area (Å²) in [6.45, 7) is 6.57. The van der Waals surface area contributed by atoms with Gasteiger partial charge in [0.2, 0.25) is 0 Å². The molecule has 234 valence electrons. The molecule has 1 aliphatic rings. The van der Waals surface area contributed by atoms with Crippen LogP contribution in [-0.4, -0.2) is 87.5 Å². The topological polar surface area (TPSA) is 68.2 Å². The molecule has 1 aliphatic heterocycles. The number of likely N-dealkylation sites (N-methyl/N-ethyl adjacent to an activating group) is 1. The van der Waals surface area contributed by atoms with Gasteiger partial charge in [0.15, 0.2) is 0 Å².